The van der Waals surface area contributed by atoms with Crippen molar-refractivity contribution < 1.29 is 18.9 Å². The maximum absolute atomic E-state index is 13.4. The Labute approximate surface area is 194 Å². The van der Waals surface area contributed by atoms with Gasteiger partial charge in [0.2, 0.25) is 0 Å². The molecule has 2 aromatic heterocycles. The van der Waals surface area contributed by atoms with Gasteiger partial charge in [-0.3, -0.25) is 19.6 Å². The fourth-order valence-electron chi connectivity index (χ4n) is 4.09. The van der Waals surface area contributed by atoms with Crippen molar-refractivity contribution in [3.63, 3.8) is 0 Å². The van der Waals surface area contributed by atoms with Crippen LogP contribution < -0.4 is 10.1 Å². The van der Waals surface area contributed by atoms with Gasteiger partial charge < -0.3 is 19.4 Å². The zero-order valence-corrected chi connectivity index (χ0v) is 18.2. The van der Waals surface area contributed by atoms with Gasteiger partial charge in [0, 0.05) is 11.3 Å². The van der Waals surface area contributed by atoms with Crippen LogP contribution in [0.25, 0.3) is 0 Å². The van der Waals surface area contributed by atoms with Crippen LogP contribution in [0, 0.1) is 10.1 Å². The number of methoxy groups -OCH3 is 1. The highest BCUT2D eigenvalue weighted by molar-refractivity contribution is 6.01. The first kappa shape index (κ1) is 21.3. The van der Waals surface area contributed by atoms with E-state index in [9.17, 15) is 14.9 Å². The molecule has 5 rings (SSSR count). The fourth-order valence-corrected chi connectivity index (χ4v) is 4.09. The second-order valence-corrected chi connectivity index (χ2v) is 7.83. The molecule has 1 amide bonds. The standard InChI is InChI=1S/C24H21N5O5/c1-33-22-9-8-16(11-17(22)13-27-14-18(12-25-27)29(31)32)23-26-21-7-3-2-6-20(21)24(30)28(23)15-19-5-4-10-34-19/h2-12,14,23,26H,13,15H2,1H3/t23-/m0/s1. The molecule has 1 aliphatic rings. The number of aromatic nitrogens is 2. The van der Waals surface area contributed by atoms with Crippen molar-refractivity contribution in [2.75, 3.05) is 12.4 Å². The molecule has 10 heteroatoms. The smallest absolute Gasteiger partial charge is 0.307 e. The molecule has 0 aliphatic carbocycles. The number of benzene rings is 2. The molecule has 0 fully saturated rings. The Morgan fingerprint density at radius 1 is 1.18 bits per heavy atom. The number of nitrogens with one attached hydrogen (secondary N) is 1. The van der Waals surface area contributed by atoms with Gasteiger partial charge in [-0.05, 0) is 42.0 Å². The van der Waals surface area contributed by atoms with E-state index in [-0.39, 0.29) is 24.7 Å². The van der Waals surface area contributed by atoms with Crippen molar-refractivity contribution in [1.82, 2.24) is 14.7 Å². The molecular weight excluding hydrogens is 438 g/mol. The topological polar surface area (TPSA) is 116 Å². The van der Waals surface area contributed by atoms with Crippen LogP contribution in [0.1, 0.15) is 33.4 Å². The minimum atomic E-state index is -0.487. The minimum absolute atomic E-state index is 0.0871. The Balaban J connectivity index is 1.52. The number of carbonyl (C=O) groups is 1. The molecule has 1 N–H and O–H groups in total. The molecule has 0 bridgehead atoms. The second kappa shape index (κ2) is 8.74. The van der Waals surface area contributed by atoms with E-state index in [1.807, 2.05) is 42.5 Å². The Hall–Kier alpha value is -4.60. The van der Waals surface area contributed by atoms with E-state index in [1.54, 1.807) is 30.4 Å². The van der Waals surface area contributed by atoms with Crippen molar-refractivity contribution in [1.29, 1.82) is 0 Å². The average Bonchev–Trinajstić information content (AvgIpc) is 3.53. The molecule has 0 spiro atoms. The van der Waals surface area contributed by atoms with E-state index < -0.39 is 11.1 Å². The number of furan rings is 1. The van der Waals surface area contributed by atoms with Crippen molar-refractivity contribution in [3.8, 4) is 5.75 Å². The molecule has 4 aromatic rings. The number of carbonyl (C=O) groups excluding carboxylic acids is 1. The van der Waals surface area contributed by atoms with Gasteiger partial charge >= 0.3 is 5.69 Å². The third-order valence-electron chi connectivity index (χ3n) is 5.71. The summed E-state index contributed by atoms with van der Waals surface area (Å²) in [6, 6.07) is 16.6. The first-order valence-electron chi connectivity index (χ1n) is 10.6. The highest BCUT2D eigenvalue weighted by Gasteiger charge is 2.33. The summed E-state index contributed by atoms with van der Waals surface area (Å²) in [6.45, 7) is 0.546. The van der Waals surface area contributed by atoms with Crippen molar-refractivity contribution >= 4 is 17.3 Å². The molecule has 1 atom stereocenters. The maximum atomic E-state index is 13.4. The van der Waals surface area contributed by atoms with E-state index in [2.05, 4.69) is 10.4 Å². The predicted octanol–water partition coefficient (Wildman–Crippen LogP) is 4.21. The lowest BCUT2D eigenvalue weighted by molar-refractivity contribution is -0.385. The number of fused-ring (bicyclic) bond motifs is 1. The maximum Gasteiger partial charge on any atom is 0.307 e. The lowest BCUT2D eigenvalue weighted by Crippen LogP contribution is -2.42. The number of rotatable bonds is 7. The van der Waals surface area contributed by atoms with E-state index in [0.29, 0.717) is 17.1 Å². The lowest BCUT2D eigenvalue weighted by Gasteiger charge is -2.38. The monoisotopic (exact) mass is 459 g/mol. The number of nitro groups is 1. The Kier molecular flexibility index (Phi) is 5.46. The molecule has 1 aliphatic heterocycles. The van der Waals surface area contributed by atoms with E-state index in [1.165, 1.54) is 17.1 Å². The molecule has 2 aromatic carbocycles. The van der Waals surface area contributed by atoms with Gasteiger partial charge in [-0.15, -0.1) is 0 Å². The first-order valence-corrected chi connectivity index (χ1v) is 10.6. The Morgan fingerprint density at radius 3 is 2.76 bits per heavy atom. The molecule has 0 saturated carbocycles. The van der Waals surface area contributed by atoms with Crippen molar-refractivity contribution in [3.05, 3.63) is 106 Å². The van der Waals surface area contributed by atoms with Crippen LogP contribution in [-0.2, 0) is 13.1 Å². The summed E-state index contributed by atoms with van der Waals surface area (Å²) in [5.41, 5.74) is 2.84. The van der Waals surface area contributed by atoms with Crippen LogP contribution in [0.2, 0.25) is 0 Å². The third-order valence-corrected chi connectivity index (χ3v) is 5.71. The number of hydrogen-bond acceptors (Lipinski definition) is 7. The SMILES string of the molecule is COc1ccc([C@H]2Nc3ccccc3C(=O)N2Cc2ccco2)cc1Cn1cc([N+](=O)[O-])cn1. The quantitative estimate of drug-likeness (QED) is 0.325. The number of anilines is 1. The molecule has 3 heterocycles. The Bertz CT molecular complexity index is 1350. The molecule has 34 heavy (non-hydrogen) atoms. The molecule has 0 saturated heterocycles. The second-order valence-electron chi connectivity index (χ2n) is 7.83. The molecule has 0 radical (unpaired) electrons. The zero-order valence-electron chi connectivity index (χ0n) is 18.2. The third kappa shape index (κ3) is 3.96. The Morgan fingerprint density at radius 2 is 2.03 bits per heavy atom. The average molecular weight is 459 g/mol. The first-order chi connectivity index (χ1) is 16.5. The predicted molar refractivity (Wildman–Crippen MR) is 122 cm³/mol. The van der Waals surface area contributed by atoms with Crippen LogP contribution in [0.4, 0.5) is 11.4 Å². The van der Waals surface area contributed by atoms with E-state index in [0.717, 1.165) is 16.8 Å². The number of ether oxygens (including phenoxy) is 1. The van der Waals surface area contributed by atoms with Gasteiger partial charge in [0.25, 0.3) is 5.91 Å². The highest BCUT2D eigenvalue weighted by atomic mass is 16.6. The number of para-hydroxylation sites is 1. The summed E-state index contributed by atoms with van der Waals surface area (Å²) < 4.78 is 12.5. The number of nitrogens with zero attached hydrogens (tertiary/aromatic N) is 4. The summed E-state index contributed by atoms with van der Waals surface area (Å²) in [6.07, 6.45) is 3.69. The molecular formula is C24H21N5O5. The van der Waals surface area contributed by atoms with Gasteiger partial charge in [0.15, 0.2) is 0 Å². The number of amides is 1. The summed E-state index contributed by atoms with van der Waals surface area (Å²) in [5, 5.41) is 18.6. The van der Waals surface area contributed by atoms with Gasteiger partial charge in [0.1, 0.15) is 30.1 Å². The van der Waals surface area contributed by atoms with Crippen LogP contribution in [0.15, 0.2) is 77.7 Å². The summed E-state index contributed by atoms with van der Waals surface area (Å²) >= 11 is 0. The van der Waals surface area contributed by atoms with Gasteiger partial charge in [-0.25, -0.2) is 0 Å². The number of hydrogen-bond donors (Lipinski definition) is 1. The normalized spacial score (nSPS) is 15.0. The summed E-state index contributed by atoms with van der Waals surface area (Å²) in [7, 11) is 1.56. The van der Waals surface area contributed by atoms with E-state index in [4.69, 9.17) is 9.15 Å². The zero-order chi connectivity index (χ0) is 23.7. The summed E-state index contributed by atoms with van der Waals surface area (Å²) in [4.78, 5) is 25.7. The van der Waals surface area contributed by atoms with Crippen LogP contribution in [0.3, 0.4) is 0 Å². The lowest BCUT2D eigenvalue weighted by atomic mass is 10.0. The highest BCUT2D eigenvalue weighted by Crippen LogP contribution is 2.36. The summed E-state index contributed by atoms with van der Waals surface area (Å²) in [5.74, 6) is 1.16. The van der Waals surface area contributed by atoms with Crippen molar-refractivity contribution in [2.24, 2.45) is 0 Å². The molecule has 0 unspecified atom stereocenters. The van der Waals surface area contributed by atoms with Gasteiger partial charge in [-0.2, -0.15) is 5.10 Å². The van der Waals surface area contributed by atoms with Gasteiger partial charge in [0.05, 0.1) is 36.9 Å². The van der Waals surface area contributed by atoms with Crippen molar-refractivity contribution in [2.45, 2.75) is 19.3 Å². The minimum Gasteiger partial charge on any atom is -0.496 e. The van der Waals surface area contributed by atoms with Crippen LogP contribution in [-0.4, -0.2) is 32.6 Å². The molecule has 172 valence electrons. The van der Waals surface area contributed by atoms with E-state index >= 15 is 0 Å². The van der Waals surface area contributed by atoms with Crippen LogP contribution >= 0.6 is 0 Å². The molecule has 10 nitrogen and oxygen atoms in total. The van der Waals surface area contributed by atoms with Crippen LogP contribution in [0.5, 0.6) is 5.75 Å². The largest absolute Gasteiger partial charge is 0.496 e. The fraction of sp³-hybridized carbons (Fsp3) is 0.167. The van der Waals surface area contributed by atoms with Gasteiger partial charge in [-0.1, -0.05) is 18.2 Å².